The number of methoxy groups -OCH3 is 1. The quantitative estimate of drug-likeness (QED) is 0.869. The summed E-state index contributed by atoms with van der Waals surface area (Å²) in [5.74, 6) is -0.0868. The normalized spacial score (nSPS) is 10.4. The van der Waals surface area contributed by atoms with Crippen molar-refractivity contribution in [3.8, 4) is 0 Å². The van der Waals surface area contributed by atoms with E-state index in [0.717, 1.165) is 17.7 Å². The van der Waals surface area contributed by atoms with Crippen LogP contribution in [0.4, 0.5) is 11.5 Å². The summed E-state index contributed by atoms with van der Waals surface area (Å²) < 4.78 is 5.78. The van der Waals surface area contributed by atoms with Crippen molar-refractivity contribution in [2.45, 2.75) is 6.42 Å². The number of hydrogen-bond donors (Lipinski definition) is 2. The zero-order valence-corrected chi connectivity index (χ0v) is 13.2. The maximum atomic E-state index is 12.3. The van der Waals surface area contributed by atoms with E-state index in [1.807, 2.05) is 24.3 Å². The third-order valence-electron chi connectivity index (χ3n) is 2.97. The van der Waals surface area contributed by atoms with Crippen molar-refractivity contribution in [2.24, 2.45) is 0 Å². The first-order valence-electron chi connectivity index (χ1n) is 6.41. The first-order chi connectivity index (χ1) is 10.1. The van der Waals surface area contributed by atoms with Crippen LogP contribution in [0.1, 0.15) is 15.9 Å². The minimum absolute atomic E-state index is 0.199. The molecule has 1 heterocycles. The Morgan fingerprint density at radius 2 is 2.19 bits per heavy atom. The van der Waals surface area contributed by atoms with Crippen LogP contribution in [0.25, 0.3) is 0 Å². The summed E-state index contributed by atoms with van der Waals surface area (Å²) in [6, 6.07) is 9.25. The van der Waals surface area contributed by atoms with Gasteiger partial charge in [-0.15, -0.1) is 0 Å². The molecule has 21 heavy (non-hydrogen) atoms. The molecule has 0 saturated carbocycles. The lowest BCUT2D eigenvalue weighted by Crippen LogP contribution is -2.16. The second-order valence-electron chi connectivity index (χ2n) is 4.44. The van der Waals surface area contributed by atoms with E-state index in [4.69, 9.17) is 10.5 Å². The van der Waals surface area contributed by atoms with Gasteiger partial charge in [0.05, 0.1) is 12.2 Å². The van der Waals surface area contributed by atoms with E-state index in [2.05, 4.69) is 26.2 Å². The number of nitrogen functional groups attached to an aromatic ring is 1. The zero-order valence-electron chi connectivity index (χ0n) is 11.6. The van der Waals surface area contributed by atoms with Gasteiger partial charge in [-0.1, -0.05) is 18.2 Å². The van der Waals surface area contributed by atoms with Crippen molar-refractivity contribution in [3.05, 3.63) is 52.1 Å². The Hall–Kier alpha value is -1.92. The van der Waals surface area contributed by atoms with Crippen molar-refractivity contribution in [1.29, 1.82) is 0 Å². The molecule has 0 radical (unpaired) electrons. The number of hydrogen-bond acceptors (Lipinski definition) is 4. The van der Waals surface area contributed by atoms with Crippen LogP contribution in [0.15, 0.2) is 41.0 Å². The highest BCUT2D eigenvalue weighted by Crippen LogP contribution is 2.20. The van der Waals surface area contributed by atoms with Crippen LogP contribution in [0.5, 0.6) is 0 Å². The number of ether oxygens (including phenoxy) is 1. The molecule has 0 fully saturated rings. The summed E-state index contributed by atoms with van der Waals surface area (Å²) in [6.07, 6.45) is 2.28. The highest BCUT2D eigenvalue weighted by molar-refractivity contribution is 9.10. The lowest BCUT2D eigenvalue weighted by atomic mass is 10.1. The topological polar surface area (TPSA) is 77.2 Å². The van der Waals surface area contributed by atoms with Crippen LogP contribution in [0.2, 0.25) is 0 Å². The minimum atomic E-state index is -0.286. The van der Waals surface area contributed by atoms with E-state index >= 15 is 0 Å². The molecule has 0 aliphatic heterocycles. The molecule has 110 valence electrons. The molecular formula is C15H16BrN3O2. The molecule has 1 amide bonds. The van der Waals surface area contributed by atoms with Crippen molar-refractivity contribution in [3.63, 3.8) is 0 Å². The number of halogens is 1. The molecule has 0 unspecified atom stereocenters. The molecule has 0 saturated heterocycles. The maximum absolute atomic E-state index is 12.3. The number of pyridine rings is 1. The van der Waals surface area contributed by atoms with Gasteiger partial charge in [0.25, 0.3) is 5.91 Å². The molecule has 2 rings (SSSR count). The first kappa shape index (κ1) is 15.5. The smallest absolute Gasteiger partial charge is 0.259 e. The number of carbonyl (C=O) groups is 1. The standard InChI is InChI=1S/C15H16BrN3O2/c1-21-7-6-10-4-2-3-5-13(10)19-15(20)12-8-11(16)9-18-14(12)17/h2-5,8-9H,6-7H2,1H3,(H2,17,18)(H,19,20). The van der Waals surface area contributed by atoms with Crippen molar-refractivity contribution in [1.82, 2.24) is 4.98 Å². The maximum Gasteiger partial charge on any atom is 0.259 e. The van der Waals surface area contributed by atoms with Crippen molar-refractivity contribution >= 4 is 33.3 Å². The highest BCUT2D eigenvalue weighted by atomic mass is 79.9. The Balaban J connectivity index is 2.21. The second-order valence-corrected chi connectivity index (χ2v) is 5.36. The largest absolute Gasteiger partial charge is 0.384 e. The van der Waals surface area contributed by atoms with Crippen LogP contribution < -0.4 is 11.1 Å². The summed E-state index contributed by atoms with van der Waals surface area (Å²) in [7, 11) is 1.65. The molecule has 0 bridgehead atoms. The number of benzene rings is 1. The lowest BCUT2D eigenvalue weighted by molar-refractivity contribution is 0.102. The van der Waals surface area contributed by atoms with Crippen LogP contribution in [0.3, 0.4) is 0 Å². The fourth-order valence-corrected chi connectivity index (χ4v) is 2.22. The molecular weight excluding hydrogens is 334 g/mol. The number of nitrogens with zero attached hydrogens (tertiary/aromatic N) is 1. The van der Waals surface area contributed by atoms with Crippen LogP contribution in [-0.4, -0.2) is 24.6 Å². The molecule has 1 aromatic carbocycles. The summed E-state index contributed by atoms with van der Waals surface area (Å²) in [5, 5.41) is 2.87. The summed E-state index contributed by atoms with van der Waals surface area (Å²) >= 11 is 3.28. The number of carbonyl (C=O) groups excluding carboxylic acids is 1. The van der Waals surface area contributed by atoms with E-state index in [0.29, 0.717) is 16.6 Å². The Bertz CT molecular complexity index is 647. The van der Waals surface area contributed by atoms with Gasteiger partial charge in [0.2, 0.25) is 0 Å². The number of para-hydroxylation sites is 1. The fourth-order valence-electron chi connectivity index (χ4n) is 1.89. The number of anilines is 2. The minimum Gasteiger partial charge on any atom is -0.384 e. The molecule has 1 aromatic heterocycles. The molecule has 0 aliphatic carbocycles. The van der Waals surface area contributed by atoms with Crippen LogP contribution >= 0.6 is 15.9 Å². The van der Waals surface area contributed by atoms with Gasteiger partial charge < -0.3 is 15.8 Å². The van der Waals surface area contributed by atoms with Gasteiger partial charge in [-0.25, -0.2) is 4.98 Å². The molecule has 0 spiro atoms. The number of amides is 1. The third kappa shape index (κ3) is 4.03. The molecule has 2 aromatic rings. The number of nitrogens with one attached hydrogen (secondary N) is 1. The summed E-state index contributed by atoms with van der Waals surface area (Å²) in [4.78, 5) is 16.3. The Morgan fingerprint density at radius 1 is 1.43 bits per heavy atom. The first-order valence-corrected chi connectivity index (χ1v) is 7.20. The van der Waals surface area contributed by atoms with E-state index in [9.17, 15) is 4.79 Å². The third-order valence-corrected chi connectivity index (χ3v) is 3.40. The van der Waals surface area contributed by atoms with E-state index in [1.54, 1.807) is 19.4 Å². The molecule has 5 nitrogen and oxygen atoms in total. The predicted octanol–water partition coefficient (Wildman–Crippen LogP) is 2.87. The predicted molar refractivity (Wildman–Crippen MR) is 86.3 cm³/mol. The number of rotatable bonds is 5. The SMILES string of the molecule is COCCc1ccccc1NC(=O)c1cc(Br)cnc1N. The number of aromatic nitrogens is 1. The van der Waals surface area contributed by atoms with E-state index in [-0.39, 0.29) is 11.7 Å². The van der Waals surface area contributed by atoms with Gasteiger partial charge in [-0.2, -0.15) is 0 Å². The summed E-state index contributed by atoms with van der Waals surface area (Å²) in [5.41, 5.74) is 7.85. The zero-order chi connectivity index (χ0) is 15.2. The Morgan fingerprint density at radius 3 is 2.95 bits per heavy atom. The average molecular weight is 350 g/mol. The van der Waals surface area contributed by atoms with Crippen LogP contribution in [0, 0.1) is 0 Å². The Labute approximate surface area is 131 Å². The van der Waals surface area contributed by atoms with Crippen molar-refractivity contribution < 1.29 is 9.53 Å². The average Bonchev–Trinajstić information content (AvgIpc) is 2.48. The molecule has 3 N–H and O–H groups in total. The Kier molecular flexibility index (Phi) is 5.30. The van der Waals surface area contributed by atoms with Gasteiger partial charge in [-0.05, 0) is 40.0 Å². The van der Waals surface area contributed by atoms with Crippen molar-refractivity contribution in [2.75, 3.05) is 24.8 Å². The highest BCUT2D eigenvalue weighted by Gasteiger charge is 2.13. The molecule has 6 heteroatoms. The fraction of sp³-hybridized carbons (Fsp3) is 0.200. The van der Waals surface area contributed by atoms with Gasteiger partial charge in [0.15, 0.2) is 0 Å². The number of nitrogens with two attached hydrogens (primary N) is 1. The second kappa shape index (κ2) is 7.19. The van der Waals surface area contributed by atoms with E-state index in [1.165, 1.54) is 0 Å². The van der Waals surface area contributed by atoms with Crippen LogP contribution in [-0.2, 0) is 11.2 Å². The van der Waals surface area contributed by atoms with Gasteiger partial charge >= 0.3 is 0 Å². The van der Waals surface area contributed by atoms with Gasteiger partial charge in [0.1, 0.15) is 5.82 Å². The lowest BCUT2D eigenvalue weighted by Gasteiger charge is -2.11. The van der Waals surface area contributed by atoms with Gasteiger partial charge in [0, 0.05) is 23.5 Å². The van der Waals surface area contributed by atoms with E-state index < -0.39 is 0 Å². The molecule has 0 atom stereocenters. The molecule has 0 aliphatic rings. The van der Waals surface area contributed by atoms with Gasteiger partial charge in [-0.3, -0.25) is 4.79 Å². The monoisotopic (exact) mass is 349 g/mol. The summed E-state index contributed by atoms with van der Waals surface area (Å²) in [6.45, 7) is 0.591.